The molecule has 7 nitrogen and oxygen atoms in total. The Bertz CT molecular complexity index is 444. The van der Waals surface area contributed by atoms with E-state index in [4.69, 9.17) is 14.2 Å². The van der Waals surface area contributed by atoms with Crippen molar-refractivity contribution in [1.29, 1.82) is 0 Å². The maximum atomic E-state index is 5.89. The fourth-order valence-corrected chi connectivity index (χ4v) is 2.37. The first-order chi connectivity index (χ1) is 10.2. The summed E-state index contributed by atoms with van der Waals surface area (Å²) in [5.74, 6) is 0.484. The molecule has 0 spiro atoms. The molecule has 0 saturated heterocycles. The smallest absolute Gasteiger partial charge is 0.324 e. The summed E-state index contributed by atoms with van der Waals surface area (Å²) in [5.41, 5.74) is 0. The Kier molecular flexibility index (Phi) is 5.98. The molecule has 0 radical (unpaired) electrons. The summed E-state index contributed by atoms with van der Waals surface area (Å²) < 4.78 is 16.4. The Balaban J connectivity index is 2.03. The molecule has 1 aromatic heterocycles. The monoisotopic (exact) mass is 296 g/mol. The van der Waals surface area contributed by atoms with Gasteiger partial charge in [-0.1, -0.05) is 6.92 Å². The van der Waals surface area contributed by atoms with E-state index >= 15 is 0 Å². The fourth-order valence-electron chi connectivity index (χ4n) is 2.37. The Labute approximate surface area is 125 Å². The number of hydrogen-bond acceptors (Lipinski definition) is 7. The van der Waals surface area contributed by atoms with Crippen LogP contribution in [0.5, 0.6) is 12.0 Å². The van der Waals surface area contributed by atoms with E-state index in [0.29, 0.717) is 12.0 Å². The van der Waals surface area contributed by atoms with Gasteiger partial charge in [0.05, 0.1) is 13.2 Å². The number of aromatic nitrogens is 3. The van der Waals surface area contributed by atoms with Crippen LogP contribution in [0.15, 0.2) is 0 Å². The fraction of sp³-hybridized carbons (Fsp3) is 0.786. The lowest BCUT2D eigenvalue weighted by molar-refractivity contribution is 0.0176. The van der Waals surface area contributed by atoms with Gasteiger partial charge in [-0.15, -0.1) is 4.98 Å². The molecule has 0 amide bonds. The molecule has 7 heteroatoms. The number of rotatable bonds is 7. The lowest BCUT2D eigenvalue weighted by atomic mass is 9.95. The van der Waals surface area contributed by atoms with E-state index in [0.717, 1.165) is 38.6 Å². The Morgan fingerprint density at radius 3 is 2.57 bits per heavy atom. The molecule has 2 rings (SSSR count). The molecule has 1 heterocycles. The van der Waals surface area contributed by atoms with Crippen LogP contribution in [-0.4, -0.2) is 47.9 Å². The van der Waals surface area contributed by atoms with Crippen LogP contribution in [0.2, 0.25) is 0 Å². The van der Waals surface area contributed by atoms with Crippen LogP contribution in [0, 0.1) is 0 Å². The molecule has 1 aliphatic carbocycles. The molecule has 0 aliphatic heterocycles. The van der Waals surface area contributed by atoms with Crippen molar-refractivity contribution in [3.8, 4) is 12.0 Å². The molecule has 1 fully saturated rings. The van der Waals surface area contributed by atoms with Crippen molar-refractivity contribution >= 4 is 5.95 Å². The summed E-state index contributed by atoms with van der Waals surface area (Å²) >= 11 is 0. The van der Waals surface area contributed by atoms with E-state index in [-0.39, 0.29) is 18.2 Å². The van der Waals surface area contributed by atoms with Crippen LogP contribution in [0.4, 0.5) is 5.95 Å². The highest BCUT2D eigenvalue weighted by Gasteiger charge is 2.24. The summed E-state index contributed by atoms with van der Waals surface area (Å²) in [6.45, 7) is 2.87. The van der Waals surface area contributed by atoms with Gasteiger partial charge in [-0.2, -0.15) is 9.97 Å². The van der Waals surface area contributed by atoms with Crippen molar-refractivity contribution in [3.05, 3.63) is 0 Å². The van der Waals surface area contributed by atoms with Gasteiger partial charge in [0.1, 0.15) is 6.10 Å². The normalized spacial score (nSPS) is 21.9. The van der Waals surface area contributed by atoms with Gasteiger partial charge in [-0.25, -0.2) is 0 Å². The zero-order chi connectivity index (χ0) is 15.1. The minimum atomic E-state index is 0.0785. The van der Waals surface area contributed by atoms with E-state index in [2.05, 4.69) is 27.2 Å². The summed E-state index contributed by atoms with van der Waals surface area (Å²) in [6.07, 6.45) is 5.35. The van der Waals surface area contributed by atoms with Gasteiger partial charge < -0.3 is 19.5 Å². The molecule has 0 bridgehead atoms. The number of nitrogens with one attached hydrogen (secondary N) is 1. The van der Waals surface area contributed by atoms with Gasteiger partial charge in [0, 0.05) is 20.1 Å². The van der Waals surface area contributed by atoms with E-state index in [1.807, 2.05) is 0 Å². The minimum Gasteiger partial charge on any atom is -0.467 e. The van der Waals surface area contributed by atoms with Crippen molar-refractivity contribution in [2.24, 2.45) is 0 Å². The second-order valence-electron chi connectivity index (χ2n) is 5.12. The van der Waals surface area contributed by atoms with Crippen LogP contribution in [-0.2, 0) is 4.74 Å². The predicted octanol–water partition coefficient (Wildman–Crippen LogP) is 2.04. The summed E-state index contributed by atoms with van der Waals surface area (Å²) in [4.78, 5) is 12.6. The van der Waals surface area contributed by atoms with Crippen LogP contribution in [0.3, 0.4) is 0 Å². The average molecular weight is 296 g/mol. The van der Waals surface area contributed by atoms with Crippen molar-refractivity contribution in [1.82, 2.24) is 15.0 Å². The lowest BCUT2D eigenvalue weighted by Gasteiger charge is -2.27. The molecule has 2 unspecified atom stereocenters. The standard InChI is InChI=1S/C14H24N4O3/c1-4-8-15-12-16-13(20-3)18-14(17-12)21-11-7-5-6-10(9-11)19-2/h10-11H,4-9H2,1-3H3,(H,15,16,17,18). The third kappa shape index (κ3) is 4.70. The van der Waals surface area contributed by atoms with Gasteiger partial charge in [0.25, 0.3) is 0 Å². The van der Waals surface area contributed by atoms with Gasteiger partial charge in [-0.3, -0.25) is 0 Å². The first-order valence-corrected chi connectivity index (χ1v) is 7.48. The van der Waals surface area contributed by atoms with Crippen molar-refractivity contribution < 1.29 is 14.2 Å². The first-order valence-electron chi connectivity index (χ1n) is 7.48. The lowest BCUT2D eigenvalue weighted by Crippen LogP contribution is -2.30. The maximum absolute atomic E-state index is 5.89. The molecule has 1 N–H and O–H groups in total. The number of nitrogens with zero attached hydrogens (tertiary/aromatic N) is 3. The number of hydrogen-bond donors (Lipinski definition) is 1. The highest BCUT2D eigenvalue weighted by molar-refractivity contribution is 5.27. The number of ether oxygens (including phenoxy) is 3. The Hall–Kier alpha value is -1.63. The van der Waals surface area contributed by atoms with Crippen LogP contribution in [0.25, 0.3) is 0 Å². The molecule has 1 saturated carbocycles. The molecule has 2 atom stereocenters. The molecule has 0 aromatic carbocycles. The number of methoxy groups -OCH3 is 2. The van der Waals surface area contributed by atoms with Gasteiger partial charge >= 0.3 is 12.0 Å². The van der Waals surface area contributed by atoms with E-state index in [1.165, 1.54) is 7.11 Å². The third-order valence-electron chi connectivity index (χ3n) is 3.49. The van der Waals surface area contributed by atoms with Crippen LogP contribution < -0.4 is 14.8 Å². The second-order valence-corrected chi connectivity index (χ2v) is 5.12. The Morgan fingerprint density at radius 2 is 1.86 bits per heavy atom. The second kappa shape index (κ2) is 7.97. The van der Waals surface area contributed by atoms with Gasteiger partial charge in [-0.05, 0) is 25.7 Å². The highest BCUT2D eigenvalue weighted by Crippen LogP contribution is 2.24. The largest absolute Gasteiger partial charge is 0.467 e. The van der Waals surface area contributed by atoms with Crippen molar-refractivity contribution in [3.63, 3.8) is 0 Å². The van der Waals surface area contributed by atoms with Crippen molar-refractivity contribution in [2.45, 2.75) is 51.2 Å². The SMILES string of the molecule is CCCNc1nc(OC)nc(OC2CCCC(OC)C2)n1. The van der Waals surface area contributed by atoms with Crippen LogP contribution in [0.1, 0.15) is 39.0 Å². The molecular weight excluding hydrogens is 272 g/mol. The minimum absolute atomic E-state index is 0.0785. The highest BCUT2D eigenvalue weighted by atomic mass is 16.5. The first kappa shape index (κ1) is 15.8. The molecule has 1 aromatic rings. The van der Waals surface area contributed by atoms with Gasteiger partial charge in [0.2, 0.25) is 5.95 Å². The third-order valence-corrected chi connectivity index (χ3v) is 3.49. The summed E-state index contributed by atoms with van der Waals surface area (Å²) in [6, 6.07) is 0.569. The van der Waals surface area contributed by atoms with Crippen LogP contribution >= 0.6 is 0 Å². The summed E-state index contributed by atoms with van der Waals surface area (Å²) in [5, 5.41) is 3.12. The molecule has 118 valence electrons. The van der Waals surface area contributed by atoms with Crippen molar-refractivity contribution in [2.75, 3.05) is 26.1 Å². The quantitative estimate of drug-likeness (QED) is 0.824. The van der Waals surface area contributed by atoms with E-state index in [1.54, 1.807) is 7.11 Å². The van der Waals surface area contributed by atoms with E-state index < -0.39 is 0 Å². The topological polar surface area (TPSA) is 78.4 Å². The van der Waals surface area contributed by atoms with Gasteiger partial charge in [0.15, 0.2) is 0 Å². The summed E-state index contributed by atoms with van der Waals surface area (Å²) in [7, 11) is 3.27. The molecule has 1 aliphatic rings. The maximum Gasteiger partial charge on any atom is 0.324 e. The zero-order valence-electron chi connectivity index (χ0n) is 13.0. The molecular formula is C14H24N4O3. The zero-order valence-corrected chi connectivity index (χ0v) is 13.0. The predicted molar refractivity (Wildman–Crippen MR) is 78.8 cm³/mol. The molecule has 21 heavy (non-hydrogen) atoms. The average Bonchev–Trinajstić information content (AvgIpc) is 2.52. The number of anilines is 1. The van der Waals surface area contributed by atoms with E-state index in [9.17, 15) is 0 Å². The Morgan fingerprint density at radius 1 is 1.10 bits per heavy atom.